The van der Waals surface area contributed by atoms with Crippen LogP contribution in [-0.2, 0) is 33.3 Å². The Kier molecular flexibility index (Phi) is 20.1. The molecule has 0 spiro atoms. The number of ketones is 1. The number of aliphatic hydroxyl groups excluding tert-OH is 1. The van der Waals surface area contributed by atoms with Crippen molar-refractivity contribution in [1.29, 1.82) is 0 Å². The first-order chi connectivity index (χ1) is 33.2. The Labute approximate surface area is 410 Å². The molecular formula is C53H74N3O14+. The fourth-order valence-electron chi connectivity index (χ4n) is 8.48. The van der Waals surface area contributed by atoms with Crippen molar-refractivity contribution >= 4 is 56.3 Å². The lowest BCUT2D eigenvalue weighted by molar-refractivity contribution is -0.870. The Morgan fingerprint density at radius 3 is 2.31 bits per heavy atom. The van der Waals surface area contributed by atoms with Gasteiger partial charge in [0.05, 0.1) is 63.8 Å². The lowest BCUT2D eigenvalue weighted by Crippen LogP contribution is -2.43. The first kappa shape index (κ1) is 56.7. The summed E-state index contributed by atoms with van der Waals surface area (Å²) in [4.78, 5) is 60.4. The van der Waals surface area contributed by atoms with E-state index >= 15 is 0 Å². The second-order valence-electron chi connectivity index (χ2n) is 18.6. The van der Waals surface area contributed by atoms with Gasteiger partial charge in [-0.15, -0.1) is 0 Å². The maximum Gasteiger partial charge on any atom is 0.312 e. The molecule has 1 aromatic heterocycles. The Morgan fingerprint density at radius 1 is 0.971 bits per heavy atom. The summed E-state index contributed by atoms with van der Waals surface area (Å²) in [5.41, 5.74) is -0.199. The van der Waals surface area contributed by atoms with E-state index in [1.165, 1.54) is 34.1 Å². The van der Waals surface area contributed by atoms with E-state index in [-0.39, 0.29) is 74.0 Å². The zero-order chi connectivity index (χ0) is 52.2. The van der Waals surface area contributed by atoms with Crippen LogP contribution < -0.4 is 20.2 Å². The van der Waals surface area contributed by atoms with Crippen molar-refractivity contribution in [3.63, 3.8) is 0 Å². The second kappa shape index (κ2) is 24.8. The third kappa shape index (κ3) is 13.1. The first-order valence-corrected chi connectivity index (χ1v) is 23.7. The summed E-state index contributed by atoms with van der Waals surface area (Å²) in [6.07, 6.45) is 7.71. The normalized spacial score (nSPS) is 24.8. The van der Waals surface area contributed by atoms with Gasteiger partial charge in [0.15, 0.2) is 22.3 Å². The average molecular weight is 977 g/mol. The number of aliphatic hydroxyl groups is 1. The fourth-order valence-corrected chi connectivity index (χ4v) is 8.48. The molecule has 0 saturated heterocycles. The molecule has 3 aliphatic heterocycles. The molecule has 3 aromatic carbocycles. The zero-order valence-electron chi connectivity index (χ0n) is 43.5. The number of hydrogen-bond donors (Lipinski definition) is 3. The van der Waals surface area contributed by atoms with Gasteiger partial charge in [-0.25, -0.2) is 4.98 Å². The van der Waals surface area contributed by atoms with Gasteiger partial charge < -0.3 is 57.6 Å². The van der Waals surface area contributed by atoms with Crippen molar-refractivity contribution in [3.05, 3.63) is 75.7 Å². The van der Waals surface area contributed by atoms with Crippen LogP contribution in [0.1, 0.15) is 84.2 Å². The third-order valence-corrected chi connectivity index (χ3v) is 12.1. The number of aromatic nitrogens is 1. The van der Waals surface area contributed by atoms with Crippen LogP contribution in [0.15, 0.2) is 63.6 Å². The predicted octanol–water partition coefficient (Wildman–Crippen LogP) is 8.17. The first-order valence-electron chi connectivity index (χ1n) is 23.7. The largest absolute Gasteiger partial charge is 0.505 e. The highest BCUT2D eigenvalue weighted by atomic mass is 16.7. The second-order valence-corrected chi connectivity index (χ2v) is 18.6. The van der Waals surface area contributed by atoms with Crippen molar-refractivity contribution < 1.29 is 66.7 Å². The summed E-state index contributed by atoms with van der Waals surface area (Å²) in [5, 5.41) is 21.6. The molecule has 5 bridgehead atoms. The maximum absolute atomic E-state index is 14.8. The molecule has 17 nitrogen and oxygen atoms in total. The van der Waals surface area contributed by atoms with Crippen LogP contribution in [0.5, 0.6) is 17.2 Å². The molecule has 0 saturated carbocycles. The van der Waals surface area contributed by atoms with Gasteiger partial charge in [-0.1, -0.05) is 52.8 Å². The molecular weight excluding hydrogens is 903 g/mol. The number of benzene rings is 3. The lowest BCUT2D eigenvalue weighted by atomic mass is 9.86. The van der Waals surface area contributed by atoms with Crippen LogP contribution in [0.3, 0.4) is 0 Å². The average Bonchev–Trinajstić information content (AvgIpc) is 3.58. The van der Waals surface area contributed by atoms with Gasteiger partial charge in [-0.05, 0) is 56.7 Å². The zero-order valence-corrected chi connectivity index (χ0v) is 43.5. The van der Waals surface area contributed by atoms with E-state index < -0.39 is 58.9 Å². The molecule has 17 heteroatoms. The molecule has 0 radical (unpaired) electrons. The Bertz CT molecular complexity index is 2650. The van der Waals surface area contributed by atoms with Crippen LogP contribution in [0.25, 0.3) is 33.0 Å². The highest BCUT2D eigenvalue weighted by Gasteiger charge is 2.49. The van der Waals surface area contributed by atoms with Gasteiger partial charge >= 0.3 is 11.8 Å². The summed E-state index contributed by atoms with van der Waals surface area (Å²) in [7, 11) is 10.3. The van der Waals surface area contributed by atoms with Crippen LogP contribution in [-0.4, -0.2) is 130 Å². The Hall–Kier alpha value is -5.85. The van der Waals surface area contributed by atoms with Gasteiger partial charge in [-0.2, -0.15) is 0 Å². The number of quaternary nitrogens is 1. The maximum atomic E-state index is 14.8. The quantitative estimate of drug-likeness (QED) is 0.0342. The monoisotopic (exact) mass is 977 g/mol. The smallest absolute Gasteiger partial charge is 0.312 e. The van der Waals surface area contributed by atoms with Crippen molar-refractivity contribution in [2.24, 2.45) is 17.8 Å². The molecule has 7 rings (SSSR count). The van der Waals surface area contributed by atoms with Gasteiger partial charge in [0.25, 0.3) is 11.7 Å². The van der Waals surface area contributed by atoms with E-state index in [0.717, 1.165) is 24.6 Å². The van der Waals surface area contributed by atoms with Crippen molar-refractivity contribution in [1.82, 2.24) is 4.98 Å². The number of carbonyl (C=O) groups excluding carboxylic acids is 3. The third-order valence-electron chi connectivity index (χ3n) is 12.1. The number of esters is 1. The highest BCUT2D eigenvalue weighted by molar-refractivity contribution is 6.26. The topological polar surface area (TPSA) is 211 Å². The molecule has 0 fully saturated rings. The number of rotatable bonds is 10. The van der Waals surface area contributed by atoms with E-state index in [1.54, 1.807) is 50.5 Å². The number of Topliss-reactive ketones (excluding diaryl/α,β-unsaturated/α-hetero) is 1. The standard InChI is InChI=1S/C50H63N3O13.C2H6.CH4O/c1-27-14-13-15-29(3)49(58)52-42-44(56)39-38(41-47(42)65-36-26-33(16-17-34(36)51-41)62-23-22-61-21-19-53(8,9)10)40-46(31(5)43(39)55)66-50(7,48(40)57)63-20-18-35(59-11)30(4)45(64-32(6)54)37(60-12)25-28(2)24-27;2*1-2/h13-18,20,26-28,30,35,37,45H,19,21-25H2,1-12H3,(H-,51,52,55,56,57,58);1-2H3;2H,1H3/p+1/b14-13+,20-18+,29-15-;;/t27?,28-,30-,35+,37?,45?,50+;;/m1../s1. The number of amides is 1. The number of allylic oxidation sites excluding steroid dienone is 3. The lowest BCUT2D eigenvalue weighted by Gasteiger charge is -2.34. The number of nitrogens with one attached hydrogen (secondary N) is 1. The van der Waals surface area contributed by atoms with Crippen LogP contribution in [0.4, 0.5) is 5.69 Å². The van der Waals surface area contributed by atoms with Gasteiger partial charge in [0.1, 0.15) is 47.5 Å². The molecule has 0 aliphatic carbocycles. The predicted molar refractivity (Wildman–Crippen MR) is 269 cm³/mol. The van der Waals surface area contributed by atoms with Crippen LogP contribution >= 0.6 is 0 Å². The number of carbonyl (C=O) groups is 3. The van der Waals surface area contributed by atoms with E-state index in [9.17, 15) is 24.3 Å². The molecule has 4 aromatic rings. The number of phenolic OH excluding ortho intramolecular Hbond substituents is 1. The summed E-state index contributed by atoms with van der Waals surface area (Å²) >= 11 is 0. The van der Waals surface area contributed by atoms with Gasteiger partial charge in [0, 0.05) is 63.7 Å². The van der Waals surface area contributed by atoms with E-state index in [0.29, 0.717) is 30.9 Å². The molecule has 3 N–H and O–H groups in total. The van der Waals surface area contributed by atoms with Gasteiger partial charge in [-0.3, -0.25) is 19.2 Å². The minimum atomic E-state index is -2.00. The highest BCUT2D eigenvalue weighted by Crippen LogP contribution is 2.48. The number of anilines is 1. The molecule has 3 unspecified atom stereocenters. The molecule has 70 heavy (non-hydrogen) atoms. The van der Waals surface area contributed by atoms with Crippen molar-refractivity contribution in [2.45, 2.75) is 99.3 Å². The van der Waals surface area contributed by atoms with Gasteiger partial charge in [0.2, 0.25) is 0 Å². The van der Waals surface area contributed by atoms with Crippen molar-refractivity contribution in [2.75, 3.05) is 74.2 Å². The number of methoxy groups -OCH3 is 2. The fraction of sp³-hybridized carbons (Fsp3) is 0.528. The molecule has 4 heterocycles. The number of hydrogen-bond acceptors (Lipinski definition) is 15. The minimum absolute atomic E-state index is 0.00595. The Balaban J connectivity index is 0.00000260. The molecule has 3 aliphatic rings. The number of nitrogens with zero attached hydrogens (tertiary/aromatic N) is 2. The summed E-state index contributed by atoms with van der Waals surface area (Å²) in [6, 6.07) is 5.00. The minimum Gasteiger partial charge on any atom is -0.505 e. The molecule has 1 amide bonds. The molecule has 7 atom stereocenters. The number of phenols is 1. The Morgan fingerprint density at radius 2 is 1.67 bits per heavy atom. The van der Waals surface area contributed by atoms with E-state index in [2.05, 4.69) is 40.3 Å². The van der Waals surface area contributed by atoms with E-state index in [4.69, 9.17) is 47.7 Å². The summed E-state index contributed by atoms with van der Waals surface area (Å²) < 4.78 is 49.0. The number of fused-ring (bicyclic) bond motifs is 14. The summed E-state index contributed by atoms with van der Waals surface area (Å²) in [6.45, 7) is 17.9. The number of ether oxygens (including phenoxy) is 7. The van der Waals surface area contributed by atoms with E-state index in [1.807, 2.05) is 26.8 Å². The van der Waals surface area contributed by atoms with Crippen LogP contribution in [0.2, 0.25) is 0 Å². The summed E-state index contributed by atoms with van der Waals surface area (Å²) in [5.74, 6) is -4.24. The van der Waals surface area contributed by atoms with Crippen molar-refractivity contribution in [3.8, 4) is 17.2 Å². The number of likely N-dealkylation sites (N-methyl/N-ethyl adjacent to an activating group) is 1. The SMILES string of the molecule is CC.CO.COC1C[C@H](C)CC(C)/C=C/C=C(/C)C(=O)Nc2c(O)c3c(=O)c(C)c4c(c3c3nc5ccc(OCCOCC[N+](C)(C)C)cc5oc23)C(=O)[C@@](C)(O/C=C/[C@H](OC)[C@@H](C)C1OC(C)=O)O4. The number of aromatic hydroxyl groups is 1. The molecule has 384 valence electrons. The van der Waals surface area contributed by atoms with Crippen LogP contribution in [0, 0.1) is 24.7 Å².